The first-order chi connectivity index (χ1) is 9.09. The highest BCUT2D eigenvalue weighted by atomic mass is 16.4. The lowest BCUT2D eigenvalue weighted by Crippen LogP contribution is -2.38. The molecule has 2 rings (SSSR count). The quantitative estimate of drug-likeness (QED) is 0.890. The van der Waals surface area contributed by atoms with Crippen LogP contribution < -0.4 is 0 Å². The summed E-state index contributed by atoms with van der Waals surface area (Å²) in [5.41, 5.74) is 0.777. The van der Waals surface area contributed by atoms with E-state index in [4.69, 9.17) is 5.11 Å². The van der Waals surface area contributed by atoms with Crippen LogP contribution in [0.3, 0.4) is 0 Å². The van der Waals surface area contributed by atoms with Gasteiger partial charge in [0.15, 0.2) is 0 Å². The van der Waals surface area contributed by atoms with Crippen LogP contribution in [0.15, 0.2) is 24.3 Å². The summed E-state index contributed by atoms with van der Waals surface area (Å²) in [6.45, 7) is 2.87. The predicted octanol–water partition coefficient (Wildman–Crippen LogP) is 2.79. The molecule has 0 aromatic heterocycles. The van der Waals surface area contributed by atoms with Gasteiger partial charge in [0.1, 0.15) is 0 Å². The zero-order chi connectivity index (χ0) is 13.8. The van der Waals surface area contributed by atoms with Crippen molar-refractivity contribution in [3.8, 4) is 0 Å². The van der Waals surface area contributed by atoms with Gasteiger partial charge in [-0.1, -0.05) is 12.8 Å². The fraction of sp³-hybridized carbons (Fsp3) is 0.467. The second-order valence-corrected chi connectivity index (χ2v) is 5.08. The van der Waals surface area contributed by atoms with E-state index in [1.54, 1.807) is 12.1 Å². The van der Waals surface area contributed by atoms with Crippen LogP contribution in [-0.4, -0.2) is 34.5 Å². The van der Waals surface area contributed by atoms with Crippen LogP contribution in [0.2, 0.25) is 0 Å². The summed E-state index contributed by atoms with van der Waals surface area (Å²) in [6.07, 6.45) is 4.43. The molecule has 1 aromatic carbocycles. The molecule has 1 aliphatic rings. The zero-order valence-electron chi connectivity index (χ0n) is 11.1. The lowest BCUT2D eigenvalue weighted by molar-refractivity contribution is 0.0683. The van der Waals surface area contributed by atoms with Gasteiger partial charge in [0.05, 0.1) is 5.56 Å². The van der Waals surface area contributed by atoms with Gasteiger partial charge in [0.2, 0.25) is 0 Å². The van der Waals surface area contributed by atoms with Crippen LogP contribution in [0.5, 0.6) is 0 Å². The van der Waals surface area contributed by atoms with Crippen molar-refractivity contribution >= 4 is 11.9 Å². The van der Waals surface area contributed by atoms with Gasteiger partial charge in [-0.3, -0.25) is 4.79 Å². The standard InChI is InChI=1S/C15H19NO3/c1-11-5-3-2-4-10-16(11)14(17)12-6-8-13(9-7-12)15(18)19/h6-9,11H,2-5,10H2,1H3,(H,18,19)/t11-/m1/s1. The van der Waals surface area contributed by atoms with Gasteiger partial charge in [-0.15, -0.1) is 0 Å². The van der Waals surface area contributed by atoms with E-state index >= 15 is 0 Å². The van der Waals surface area contributed by atoms with Gasteiger partial charge in [0, 0.05) is 18.2 Å². The summed E-state index contributed by atoms with van der Waals surface area (Å²) in [6, 6.07) is 6.43. The minimum atomic E-state index is -0.970. The van der Waals surface area contributed by atoms with Gasteiger partial charge in [-0.25, -0.2) is 4.79 Å². The van der Waals surface area contributed by atoms with E-state index in [0.29, 0.717) is 5.56 Å². The summed E-state index contributed by atoms with van der Waals surface area (Å²) in [5, 5.41) is 8.85. The molecule has 1 heterocycles. The van der Waals surface area contributed by atoms with Crippen LogP contribution >= 0.6 is 0 Å². The molecule has 1 N–H and O–H groups in total. The lowest BCUT2D eigenvalue weighted by atomic mass is 10.1. The number of hydrogen-bond acceptors (Lipinski definition) is 2. The molecule has 102 valence electrons. The Morgan fingerprint density at radius 1 is 1.11 bits per heavy atom. The molecule has 19 heavy (non-hydrogen) atoms. The summed E-state index contributed by atoms with van der Waals surface area (Å²) < 4.78 is 0. The van der Waals surface area contributed by atoms with Gasteiger partial charge in [-0.2, -0.15) is 0 Å². The van der Waals surface area contributed by atoms with Gasteiger partial charge in [0.25, 0.3) is 5.91 Å². The number of carboxylic acids is 1. The first-order valence-electron chi connectivity index (χ1n) is 6.74. The van der Waals surface area contributed by atoms with E-state index in [1.165, 1.54) is 25.0 Å². The van der Waals surface area contributed by atoms with Crippen molar-refractivity contribution < 1.29 is 14.7 Å². The predicted molar refractivity (Wildman–Crippen MR) is 72.4 cm³/mol. The monoisotopic (exact) mass is 261 g/mol. The number of nitrogens with zero attached hydrogens (tertiary/aromatic N) is 1. The summed E-state index contributed by atoms with van der Waals surface area (Å²) >= 11 is 0. The van der Waals surface area contributed by atoms with Crippen LogP contribution in [0.4, 0.5) is 0 Å². The highest BCUT2D eigenvalue weighted by Gasteiger charge is 2.23. The molecule has 0 aliphatic carbocycles. The largest absolute Gasteiger partial charge is 0.478 e. The van der Waals surface area contributed by atoms with Crippen molar-refractivity contribution in [2.24, 2.45) is 0 Å². The summed E-state index contributed by atoms with van der Waals surface area (Å²) in [4.78, 5) is 25.1. The average molecular weight is 261 g/mol. The minimum Gasteiger partial charge on any atom is -0.478 e. The molecule has 4 heteroatoms. The van der Waals surface area contributed by atoms with Crippen LogP contribution in [0.1, 0.15) is 53.3 Å². The third-order valence-corrected chi connectivity index (χ3v) is 3.69. The maximum atomic E-state index is 12.4. The third kappa shape index (κ3) is 3.13. The minimum absolute atomic E-state index is 0.00587. The van der Waals surface area contributed by atoms with E-state index in [1.807, 2.05) is 4.90 Å². The number of carbonyl (C=O) groups excluding carboxylic acids is 1. The Bertz CT molecular complexity index is 467. The molecule has 1 amide bonds. The third-order valence-electron chi connectivity index (χ3n) is 3.69. The highest BCUT2D eigenvalue weighted by molar-refractivity contribution is 5.96. The van der Waals surface area contributed by atoms with E-state index < -0.39 is 5.97 Å². The first kappa shape index (κ1) is 13.6. The van der Waals surface area contributed by atoms with E-state index in [0.717, 1.165) is 19.4 Å². The molecule has 1 atom stereocenters. The molecule has 0 spiro atoms. The zero-order valence-corrected chi connectivity index (χ0v) is 11.1. The van der Waals surface area contributed by atoms with Crippen molar-refractivity contribution in [2.45, 2.75) is 38.6 Å². The molecule has 1 aromatic rings. The Morgan fingerprint density at radius 2 is 1.74 bits per heavy atom. The van der Waals surface area contributed by atoms with E-state index in [-0.39, 0.29) is 17.5 Å². The number of benzene rings is 1. The molecular weight excluding hydrogens is 242 g/mol. The number of hydrogen-bond donors (Lipinski definition) is 1. The number of carboxylic acid groups (broad SMARTS) is 1. The van der Waals surface area contributed by atoms with Crippen molar-refractivity contribution in [1.82, 2.24) is 4.90 Å². The second kappa shape index (κ2) is 5.87. The topological polar surface area (TPSA) is 57.6 Å². The molecule has 4 nitrogen and oxygen atoms in total. The van der Waals surface area contributed by atoms with E-state index in [9.17, 15) is 9.59 Å². The number of likely N-dealkylation sites (tertiary alicyclic amines) is 1. The van der Waals surface area contributed by atoms with Crippen LogP contribution in [-0.2, 0) is 0 Å². The molecule has 1 aliphatic heterocycles. The number of aromatic carboxylic acids is 1. The Morgan fingerprint density at radius 3 is 2.37 bits per heavy atom. The molecular formula is C15H19NO3. The maximum Gasteiger partial charge on any atom is 0.335 e. The van der Waals surface area contributed by atoms with E-state index in [2.05, 4.69) is 6.92 Å². The fourth-order valence-electron chi connectivity index (χ4n) is 2.50. The fourth-order valence-corrected chi connectivity index (χ4v) is 2.50. The molecule has 0 bridgehead atoms. The smallest absolute Gasteiger partial charge is 0.335 e. The Labute approximate surface area is 113 Å². The Kier molecular flexibility index (Phi) is 4.20. The summed E-state index contributed by atoms with van der Waals surface area (Å²) in [5.74, 6) is -0.964. The van der Waals surface area contributed by atoms with Gasteiger partial charge in [-0.05, 0) is 44.0 Å². The SMILES string of the molecule is C[C@@H]1CCCCCN1C(=O)c1ccc(C(=O)O)cc1. The van der Waals surface area contributed by atoms with Gasteiger partial charge < -0.3 is 10.0 Å². The molecule has 0 unspecified atom stereocenters. The number of amides is 1. The molecule has 1 fully saturated rings. The van der Waals surface area contributed by atoms with Crippen molar-refractivity contribution in [3.05, 3.63) is 35.4 Å². The highest BCUT2D eigenvalue weighted by Crippen LogP contribution is 2.19. The first-order valence-corrected chi connectivity index (χ1v) is 6.74. The molecule has 1 saturated heterocycles. The average Bonchev–Trinajstić information content (AvgIpc) is 2.63. The van der Waals surface area contributed by atoms with Crippen LogP contribution in [0, 0.1) is 0 Å². The van der Waals surface area contributed by atoms with Crippen molar-refractivity contribution in [2.75, 3.05) is 6.54 Å². The number of carbonyl (C=O) groups is 2. The molecule has 0 saturated carbocycles. The second-order valence-electron chi connectivity index (χ2n) is 5.08. The van der Waals surface area contributed by atoms with Gasteiger partial charge >= 0.3 is 5.97 Å². The Balaban J connectivity index is 2.15. The molecule has 0 radical (unpaired) electrons. The van der Waals surface area contributed by atoms with Crippen molar-refractivity contribution in [1.29, 1.82) is 0 Å². The van der Waals surface area contributed by atoms with Crippen molar-refractivity contribution in [3.63, 3.8) is 0 Å². The Hall–Kier alpha value is -1.84. The maximum absolute atomic E-state index is 12.4. The van der Waals surface area contributed by atoms with Crippen LogP contribution in [0.25, 0.3) is 0 Å². The summed E-state index contributed by atoms with van der Waals surface area (Å²) in [7, 11) is 0. The normalized spacial score (nSPS) is 19.8. The lowest BCUT2D eigenvalue weighted by Gasteiger charge is -2.27. The number of rotatable bonds is 2.